The Bertz CT molecular complexity index is 222. The van der Waals surface area contributed by atoms with Gasteiger partial charge in [-0.05, 0) is 11.4 Å². The van der Waals surface area contributed by atoms with Crippen LogP contribution in [-0.4, -0.2) is 26.2 Å². The second kappa shape index (κ2) is 6.65. The molecule has 0 fully saturated rings. The molecule has 0 aliphatic rings. The van der Waals surface area contributed by atoms with Crippen LogP contribution in [0.2, 0.25) is 0 Å². The summed E-state index contributed by atoms with van der Waals surface area (Å²) in [7, 11) is 2.59. The SMILES string of the molecule is COC(=O)CC/C(=C\Br)C(=O)OC. The van der Waals surface area contributed by atoms with E-state index in [1.54, 1.807) is 0 Å². The molecule has 0 atom stereocenters. The second-order valence-corrected chi connectivity index (χ2v) is 2.66. The molecule has 0 aromatic heterocycles. The van der Waals surface area contributed by atoms with E-state index < -0.39 is 5.97 Å². The van der Waals surface area contributed by atoms with Crippen LogP contribution < -0.4 is 0 Å². The summed E-state index contributed by atoms with van der Waals surface area (Å²) in [6.45, 7) is 0. The van der Waals surface area contributed by atoms with Gasteiger partial charge in [0.1, 0.15) is 0 Å². The van der Waals surface area contributed by atoms with Crippen molar-refractivity contribution in [2.45, 2.75) is 12.8 Å². The minimum absolute atomic E-state index is 0.170. The molecule has 74 valence electrons. The van der Waals surface area contributed by atoms with Gasteiger partial charge in [-0.2, -0.15) is 0 Å². The fourth-order valence-corrected chi connectivity index (χ4v) is 1.09. The Morgan fingerprint density at radius 3 is 2.23 bits per heavy atom. The van der Waals surface area contributed by atoms with Gasteiger partial charge in [-0.15, -0.1) is 0 Å². The van der Waals surface area contributed by atoms with Gasteiger partial charge in [0.05, 0.1) is 14.2 Å². The molecule has 4 nitrogen and oxygen atoms in total. The zero-order chi connectivity index (χ0) is 10.3. The van der Waals surface area contributed by atoms with Gasteiger partial charge in [0.2, 0.25) is 0 Å². The summed E-state index contributed by atoms with van der Waals surface area (Å²) in [4.78, 5) is 23.1. The van der Waals surface area contributed by atoms with Crippen molar-refractivity contribution in [3.63, 3.8) is 0 Å². The van der Waals surface area contributed by atoms with Crippen LogP contribution in [0, 0.1) is 0 Å². The van der Waals surface area contributed by atoms with Gasteiger partial charge in [0.15, 0.2) is 0 Å². The molecule has 0 aromatic carbocycles. The van der Waals surface area contributed by atoms with Gasteiger partial charge < -0.3 is 9.47 Å². The van der Waals surface area contributed by atoms with Crippen LogP contribution in [0.3, 0.4) is 0 Å². The van der Waals surface area contributed by atoms with E-state index in [9.17, 15) is 9.59 Å². The Hall–Kier alpha value is -0.840. The monoisotopic (exact) mass is 250 g/mol. The first kappa shape index (κ1) is 12.2. The second-order valence-electron chi connectivity index (χ2n) is 2.20. The molecular weight excluding hydrogens is 240 g/mol. The molecule has 0 aliphatic carbocycles. The van der Waals surface area contributed by atoms with Gasteiger partial charge in [-0.1, -0.05) is 15.9 Å². The molecule has 0 saturated heterocycles. The van der Waals surface area contributed by atoms with E-state index in [1.807, 2.05) is 0 Å². The number of halogens is 1. The first-order valence-corrected chi connectivity index (χ1v) is 4.51. The van der Waals surface area contributed by atoms with Crippen molar-refractivity contribution in [1.29, 1.82) is 0 Å². The van der Waals surface area contributed by atoms with Gasteiger partial charge >= 0.3 is 11.9 Å². The van der Waals surface area contributed by atoms with Gasteiger partial charge in [-0.3, -0.25) is 4.79 Å². The number of methoxy groups -OCH3 is 2. The van der Waals surface area contributed by atoms with Crippen LogP contribution in [0.25, 0.3) is 0 Å². The Balaban J connectivity index is 4.02. The van der Waals surface area contributed by atoms with Crippen molar-refractivity contribution < 1.29 is 19.1 Å². The van der Waals surface area contributed by atoms with E-state index in [-0.39, 0.29) is 12.4 Å². The Morgan fingerprint density at radius 2 is 1.85 bits per heavy atom. The maximum absolute atomic E-state index is 11.0. The van der Waals surface area contributed by atoms with Crippen LogP contribution in [0.5, 0.6) is 0 Å². The smallest absolute Gasteiger partial charge is 0.334 e. The average molecular weight is 251 g/mol. The maximum Gasteiger partial charge on any atom is 0.334 e. The van der Waals surface area contributed by atoms with Crippen LogP contribution in [0.1, 0.15) is 12.8 Å². The van der Waals surface area contributed by atoms with E-state index in [2.05, 4.69) is 25.4 Å². The third kappa shape index (κ3) is 4.67. The van der Waals surface area contributed by atoms with Crippen molar-refractivity contribution in [2.75, 3.05) is 14.2 Å². The topological polar surface area (TPSA) is 52.6 Å². The van der Waals surface area contributed by atoms with Crippen molar-refractivity contribution in [3.8, 4) is 0 Å². The van der Waals surface area contributed by atoms with E-state index >= 15 is 0 Å². The predicted octanol–water partition coefficient (Wildman–Crippen LogP) is 1.39. The Labute approximate surface area is 85.0 Å². The minimum Gasteiger partial charge on any atom is -0.469 e. The summed E-state index contributed by atoms with van der Waals surface area (Å²) < 4.78 is 8.90. The number of hydrogen-bond donors (Lipinski definition) is 0. The average Bonchev–Trinajstić information content (AvgIpc) is 2.17. The molecule has 0 spiro atoms. The summed E-state index contributed by atoms with van der Waals surface area (Å²) in [5.41, 5.74) is 0.410. The Morgan fingerprint density at radius 1 is 1.23 bits per heavy atom. The summed E-state index contributed by atoms with van der Waals surface area (Å²) in [5, 5.41) is 0. The van der Waals surface area contributed by atoms with Crippen LogP contribution in [0.15, 0.2) is 10.6 Å². The normalized spacial score (nSPS) is 10.8. The molecule has 0 unspecified atom stereocenters. The molecule has 0 saturated carbocycles. The predicted molar refractivity (Wildman–Crippen MR) is 50.3 cm³/mol. The lowest BCUT2D eigenvalue weighted by Gasteiger charge is -2.02. The number of carbonyl (C=O) groups is 2. The standard InChI is InChI=1S/C8H11BrO4/c1-12-7(10)4-3-6(5-9)8(11)13-2/h5H,3-4H2,1-2H3/b6-5+. The highest BCUT2D eigenvalue weighted by atomic mass is 79.9. The molecule has 0 amide bonds. The number of hydrogen-bond acceptors (Lipinski definition) is 4. The van der Waals surface area contributed by atoms with Crippen LogP contribution in [0.4, 0.5) is 0 Å². The fourth-order valence-electron chi connectivity index (χ4n) is 0.671. The highest BCUT2D eigenvalue weighted by Crippen LogP contribution is 2.09. The summed E-state index contributed by atoms with van der Waals surface area (Å²) in [5.74, 6) is -0.795. The zero-order valence-corrected chi connectivity index (χ0v) is 9.09. The quantitative estimate of drug-likeness (QED) is 0.559. The highest BCUT2D eigenvalue weighted by Gasteiger charge is 2.11. The van der Waals surface area contributed by atoms with Crippen molar-refractivity contribution in [3.05, 3.63) is 10.6 Å². The lowest BCUT2D eigenvalue weighted by molar-refractivity contribution is -0.140. The number of rotatable bonds is 4. The maximum atomic E-state index is 11.0. The molecular formula is C8H11BrO4. The lowest BCUT2D eigenvalue weighted by atomic mass is 10.2. The number of ether oxygens (including phenoxy) is 2. The summed E-state index contributed by atoms with van der Waals surface area (Å²) in [6, 6.07) is 0. The highest BCUT2D eigenvalue weighted by molar-refractivity contribution is 9.11. The molecule has 0 radical (unpaired) electrons. The number of esters is 2. The third-order valence-corrected chi connectivity index (χ3v) is 1.96. The minimum atomic E-state index is -0.444. The van der Waals surface area contributed by atoms with Crippen molar-refractivity contribution in [2.24, 2.45) is 0 Å². The molecule has 0 aromatic rings. The largest absolute Gasteiger partial charge is 0.469 e. The third-order valence-electron chi connectivity index (χ3n) is 1.41. The first-order chi connectivity index (χ1) is 6.15. The molecule has 0 heterocycles. The zero-order valence-electron chi connectivity index (χ0n) is 7.50. The van der Waals surface area contributed by atoms with E-state index in [0.717, 1.165) is 0 Å². The summed E-state index contributed by atoms with van der Waals surface area (Å²) >= 11 is 3.01. The molecule has 5 heteroatoms. The summed E-state index contributed by atoms with van der Waals surface area (Å²) in [6.07, 6.45) is 0.480. The molecule has 13 heavy (non-hydrogen) atoms. The lowest BCUT2D eigenvalue weighted by Crippen LogP contribution is -2.07. The molecule has 0 N–H and O–H groups in total. The molecule has 0 rings (SSSR count). The van der Waals surface area contributed by atoms with E-state index in [0.29, 0.717) is 12.0 Å². The van der Waals surface area contributed by atoms with Gasteiger partial charge in [-0.25, -0.2) is 4.79 Å². The van der Waals surface area contributed by atoms with Crippen molar-refractivity contribution >= 4 is 27.9 Å². The van der Waals surface area contributed by atoms with Crippen LogP contribution >= 0.6 is 15.9 Å². The fraction of sp³-hybridized carbons (Fsp3) is 0.500. The number of carbonyl (C=O) groups excluding carboxylic acids is 2. The van der Waals surface area contributed by atoms with E-state index in [4.69, 9.17) is 0 Å². The van der Waals surface area contributed by atoms with Gasteiger partial charge in [0.25, 0.3) is 0 Å². The molecule has 0 bridgehead atoms. The Kier molecular flexibility index (Phi) is 6.22. The van der Waals surface area contributed by atoms with Crippen molar-refractivity contribution in [1.82, 2.24) is 0 Å². The molecule has 0 aliphatic heterocycles. The van der Waals surface area contributed by atoms with Gasteiger partial charge in [0, 0.05) is 12.0 Å². The van der Waals surface area contributed by atoms with E-state index in [1.165, 1.54) is 19.2 Å². The van der Waals surface area contributed by atoms with Crippen LogP contribution in [-0.2, 0) is 19.1 Å². The first-order valence-electron chi connectivity index (χ1n) is 3.60.